The Bertz CT molecular complexity index is 731. The second-order valence-electron chi connectivity index (χ2n) is 5.77. The van der Waals surface area contributed by atoms with E-state index in [1.54, 1.807) is 18.3 Å². The largest absolute Gasteiger partial charge is 0.372 e. The van der Waals surface area contributed by atoms with E-state index >= 15 is 0 Å². The fourth-order valence-electron chi connectivity index (χ4n) is 2.69. The Morgan fingerprint density at radius 2 is 2.09 bits per heavy atom. The zero-order valence-electron chi connectivity index (χ0n) is 13.0. The Hall–Kier alpha value is -2.87. The van der Waals surface area contributed by atoms with Crippen LogP contribution in [0.3, 0.4) is 0 Å². The van der Waals surface area contributed by atoms with Crippen LogP contribution in [-0.2, 0) is 11.3 Å². The third kappa shape index (κ3) is 3.49. The van der Waals surface area contributed by atoms with Gasteiger partial charge in [-0.3, -0.25) is 4.79 Å². The third-order valence-corrected chi connectivity index (χ3v) is 4.01. The van der Waals surface area contributed by atoms with Gasteiger partial charge in [-0.2, -0.15) is 5.26 Å². The number of anilines is 1. The van der Waals surface area contributed by atoms with Gasteiger partial charge < -0.3 is 10.2 Å². The average molecular weight is 306 g/mol. The van der Waals surface area contributed by atoms with Gasteiger partial charge in [-0.25, -0.2) is 4.98 Å². The molecule has 0 spiro atoms. The maximum atomic E-state index is 12.5. The summed E-state index contributed by atoms with van der Waals surface area (Å²) in [5.41, 5.74) is 3.49. The summed E-state index contributed by atoms with van der Waals surface area (Å²) in [7, 11) is 0. The molecule has 1 fully saturated rings. The molecule has 1 atom stereocenters. The molecule has 1 aliphatic heterocycles. The molecule has 0 bridgehead atoms. The molecule has 1 aromatic heterocycles. The monoisotopic (exact) mass is 306 g/mol. The lowest BCUT2D eigenvalue weighted by Crippen LogP contribution is -2.33. The Labute approximate surface area is 135 Å². The first-order chi connectivity index (χ1) is 11.2. The Balaban J connectivity index is 1.61. The van der Waals surface area contributed by atoms with Crippen molar-refractivity contribution in [1.82, 2.24) is 9.88 Å². The molecule has 116 valence electrons. The van der Waals surface area contributed by atoms with Gasteiger partial charge in [0.25, 0.3) is 0 Å². The number of rotatable bonds is 4. The molecular weight excluding hydrogens is 288 g/mol. The summed E-state index contributed by atoms with van der Waals surface area (Å²) in [6.07, 6.45) is 2.36. The number of pyridine rings is 1. The van der Waals surface area contributed by atoms with Crippen molar-refractivity contribution >= 4 is 11.6 Å². The van der Waals surface area contributed by atoms with E-state index in [2.05, 4.69) is 41.5 Å². The SMILES string of the molecule is Cc1ccc(CN2CCC(Nc3ccc(C#N)nc3)C2=O)cc1. The highest BCUT2D eigenvalue weighted by Crippen LogP contribution is 2.19. The number of hydrogen-bond donors (Lipinski definition) is 1. The molecule has 1 saturated heterocycles. The van der Waals surface area contributed by atoms with Gasteiger partial charge in [0, 0.05) is 13.1 Å². The van der Waals surface area contributed by atoms with Gasteiger partial charge in [-0.15, -0.1) is 0 Å². The highest BCUT2D eigenvalue weighted by Gasteiger charge is 2.31. The zero-order chi connectivity index (χ0) is 16.2. The van der Waals surface area contributed by atoms with Gasteiger partial charge in [0.15, 0.2) is 0 Å². The van der Waals surface area contributed by atoms with Crippen molar-refractivity contribution in [3.8, 4) is 6.07 Å². The molecule has 3 rings (SSSR count). The van der Waals surface area contributed by atoms with Crippen LogP contribution in [0.15, 0.2) is 42.6 Å². The quantitative estimate of drug-likeness (QED) is 0.942. The lowest BCUT2D eigenvalue weighted by Gasteiger charge is -2.17. The standard InChI is InChI=1S/C18H18N4O/c1-13-2-4-14(5-3-13)12-22-9-8-17(18(22)23)21-16-7-6-15(10-19)20-11-16/h2-7,11,17,21H,8-9,12H2,1H3. The summed E-state index contributed by atoms with van der Waals surface area (Å²) in [5.74, 6) is 0.106. The predicted octanol–water partition coefficient (Wildman–Crippen LogP) is 2.47. The molecule has 2 heterocycles. The van der Waals surface area contributed by atoms with Crippen molar-refractivity contribution in [1.29, 1.82) is 5.26 Å². The van der Waals surface area contributed by atoms with Crippen LogP contribution in [0.4, 0.5) is 5.69 Å². The zero-order valence-corrected chi connectivity index (χ0v) is 13.0. The first-order valence-electron chi connectivity index (χ1n) is 7.63. The Morgan fingerprint density at radius 3 is 2.74 bits per heavy atom. The fraction of sp³-hybridized carbons (Fsp3) is 0.278. The van der Waals surface area contributed by atoms with Crippen LogP contribution in [0.2, 0.25) is 0 Å². The maximum Gasteiger partial charge on any atom is 0.245 e. The number of hydrogen-bond acceptors (Lipinski definition) is 4. The molecule has 1 aromatic carbocycles. The lowest BCUT2D eigenvalue weighted by molar-refractivity contribution is -0.128. The summed E-state index contributed by atoms with van der Waals surface area (Å²) in [6.45, 7) is 3.44. The van der Waals surface area contributed by atoms with Crippen molar-refractivity contribution in [2.45, 2.75) is 25.9 Å². The minimum Gasteiger partial charge on any atom is -0.372 e. The number of nitriles is 1. The summed E-state index contributed by atoms with van der Waals surface area (Å²) >= 11 is 0. The number of aromatic nitrogens is 1. The molecule has 2 aromatic rings. The summed E-state index contributed by atoms with van der Waals surface area (Å²) in [6, 6.07) is 13.4. The first kappa shape index (κ1) is 15.0. The Morgan fingerprint density at radius 1 is 1.30 bits per heavy atom. The fourth-order valence-corrected chi connectivity index (χ4v) is 2.69. The molecule has 1 unspecified atom stereocenters. The van der Waals surface area contributed by atoms with Gasteiger partial charge in [-0.1, -0.05) is 29.8 Å². The number of amides is 1. The highest BCUT2D eigenvalue weighted by atomic mass is 16.2. The molecule has 23 heavy (non-hydrogen) atoms. The van der Waals surface area contributed by atoms with Crippen LogP contribution < -0.4 is 5.32 Å². The molecular formula is C18H18N4O. The number of nitrogens with one attached hydrogen (secondary N) is 1. The van der Waals surface area contributed by atoms with Gasteiger partial charge in [0.2, 0.25) is 5.91 Å². The molecule has 1 aliphatic rings. The normalized spacial score (nSPS) is 17.1. The second kappa shape index (κ2) is 6.49. The summed E-state index contributed by atoms with van der Waals surface area (Å²) in [5, 5.41) is 12.0. The molecule has 0 saturated carbocycles. The van der Waals surface area contributed by atoms with E-state index in [0.29, 0.717) is 12.2 Å². The van der Waals surface area contributed by atoms with E-state index in [0.717, 1.165) is 24.2 Å². The smallest absolute Gasteiger partial charge is 0.245 e. The van der Waals surface area contributed by atoms with E-state index in [-0.39, 0.29) is 11.9 Å². The highest BCUT2D eigenvalue weighted by molar-refractivity contribution is 5.86. The maximum absolute atomic E-state index is 12.5. The average Bonchev–Trinajstić information content (AvgIpc) is 2.91. The van der Waals surface area contributed by atoms with Crippen molar-refractivity contribution in [2.24, 2.45) is 0 Å². The van der Waals surface area contributed by atoms with Crippen LogP contribution in [0.1, 0.15) is 23.2 Å². The molecule has 5 heteroatoms. The van der Waals surface area contributed by atoms with Crippen LogP contribution in [0.5, 0.6) is 0 Å². The van der Waals surface area contributed by atoms with Crippen molar-refractivity contribution in [3.05, 3.63) is 59.4 Å². The Kier molecular flexibility index (Phi) is 4.24. The molecule has 1 N–H and O–H groups in total. The number of carbonyl (C=O) groups excluding carboxylic acids is 1. The molecule has 5 nitrogen and oxygen atoms in total. The molecule has 0 aliphatic carbocycles. The minimum atomic E-state index is -0.227. The molecule has 1 amide bonds. The number of carbonyl (C=O) groups is 1. The predicted molar refractivity (Wildman–Crippen MR) is 87.6 cm³/mol. The van der Waals surface area contributed by atoms with E-state index < -0.39 is 0 Å². The van der Waals surface area contributed by atoms with E-state index in [1.807, 2.05) is 11.0 Å². The second-order valence-corrected chi connectivity index (χ2v) is 5.77. The first-order valence-corrected chi connectivity index (χ1v) is 7.63. The van der Waals surface area contributed by atoms with Crippen LogP contribution in [0, 0.1) is 18.3 Å². The topological polar surface area (TPSA) is 69.0 Å². The van der Waals surface area contributed by atoms with Crippen molar-refractivity contribution in [2.75, 3.05) is 11.9 Å². The number of nitrogens with zero attached hydrogens (tertiary/aromatic N) is 3. The van der Waals surface area contributed by atoms with Crippen LogP contribution in [0.25, 0.3) is 0 Å². The van der Waals surface area contributed by atoms with E-state index in [1.165, 1.54) is 5.56 Å². The van der Waals surface area contributed by atoms with Crippen molar-refractivity contribution in [3.63, 3.8) is 0 Å². The molecule has 0 radical (unpaired) electrons. The van der Waals surface area contributed by atoms with E-state index in [9.17, 15) is 4.79 Å². The minimum absolute atomic E-state index is 0.106. The van der Waals surface area contributed by atoms with Gasteiger partial charge in [0.1, 0.15) is 17.8 Å². The lowest BCUT2D eigenvalue weighted by atomic mass is 10.1. The van der Waals surface area contributed by atoms with Gasteiger partial charge >= 0.3 is 0 Å². The number of likely N-dealkylation sites (tertiary alicyclic amines) is 1. The van der Waals surface area contributed by atoms with Crippen LogP contribution in [-0.4, -0.2) is 28.4 Å². The summed E-state index contributed by atoms with van der Waals surface area (Å²) < 4.78 is 0. The van der Waals surface area contributed by atoms with Gasteiger partial charge in [0.05, 0.1) is 11.9 Å². The summed E-state index contributed by atoms with van der Waals surface area (Å²) in [4.78, 5) is 18.4. The van der Waals surface area contributed by atoms with Crippen molar-refractivity contribution < 1.29 is 4.79 Å². The third-order valence-electron chi connectivity index (χ3n) is 4.01. The number of aryl methyl sites for hydroxylation is 1. The van der Waals surface area contributed by atoms with Crippen LogP contribution >= 0.6 is 0 Å². The number of benzene rings is 1. The van der Waals surface area contributed by atoms with E-state index in [4.69, 9.17) is 5.26 Å². The van der Waals surface area contributed by atoms with Gasteiger partial charge in [-0.05, 0) is 31.0 Å².